The molecule has 5 amide bonds. The Balaban J connectivity index is 1.40. The number of hydrogen-bond donors (Lipinski definition) is 19. The summed E-state index contributed by atoms with van der Waals surface area (Å²) in [5.74, 6) is -8.45. The molecule has 0 aromatic rings. The number of carbonyl (C=O) groups excluding carboxylic acids is 5. The molecule has 4 saturated heterocycles. The molecule has 5 fully saturated rings. The predicted octanol–water partition coefficient (Wildman–Crippen LogP) is -5.31. The molecular weight excluding hydrogens is 1360 g/mol. The van der Waals surface area contributed by atoms with E-state index >= 15 is 0 Å². The highest BCUT2D eigenvalue weighted by atomic mass is 31.2. The first-order chi connectivity index (χ1) is 46.7. The van der Waals surface area contributed by atoms with Crippen molar-refractivity contribution in [3.63, 3.8) is 0 Å². The monoisotopic (exact) mass is 1470 g/mol. The average Bonchev–Trinajstić information content (AvgIpc) is 0.755. The summed E-state index contributed by atoms with van der Waals surface area (Å²) < 4.78 is 82.0. The second kappa shape index (κ2) is 39.1. The molecule has 38 nitrogen and oxygen atoms in total. The van der Waals surface area contributed by atoms with Gasteiger partial charge in [-0.05, 0) is 44.4 Å². The summed E-state index contributed by atoms with van der Waals surface area (Å²) in [7, 11) is -5.82. The number of aliphatic hydroxyl groups is 11. The van der Waals surface area contributed by atoms with Gasteiger partial charge in [-0.3, -0.25) is 28.2 Å². The van der Waals surface area contributed by atoms with Crippen LogP contribution >= 0.6 is 7.82 Å². The number of carbonyl (C=O) groups is 6. The number of allylic oxidation sites excluding steroid dienone is 1. The van der Waals surface area contributed by atoms with Gasteiger partial charge in [0.05, 0.1) is 50.7 Å². The Labute approximate surface area is 578 Å². The molecule has 29 unspecified atom stereocenters. The summed E-state index contributed by atoms with van der Waals surface area (Å²) in [6.45, 7) is 10.9. The van der Waals surface area contributed by atoms with Crippen LogP contribution in [0, 0.1) is 29.6 Å². The third-order valence-corrected chi connectivity index (χ3v) is 19.5. The van der Waals surface area contributed by atoms with Crippen LogP contribution in [0.1, 0.15) is 113 Å². The molecule has 0 aromatic heterocycles. The van der Waals surface area contributed by atoms with Crippen molar-refractivity contribution < 1.29 is 156 Å². The lowest BCUT2D eigenvalue weighted by Gasteiger charge is -2.52. The number of rotatable bonds is 39. The Morgan fingerprint density at radius 1 is 0.650 bits per heavy atom. The standard InChI is InChI=1S/C61H107N6O32P/c1-25(2)12-9-13-26(3)14-10-15-27(4)16-11-17-28(5)18-19-66-20-21-88-33(55(82)83)24-90-100(86,87)99-59-49(50(98-60(65)84)61(8,85)51(97-59)54(64)81)96-56-35(67-30(7)69)38(72)47(32(92-56)23-89-57-43(77)39(73)36(70)31(22-68)91-57)93-46-29(6)45(34(52(62)79)37(71)41(46)75)94-58-44(78)40(74)42(76)48(95-58)53(63)80/h18,25-27,29,31-51,56-59,66,68,70-78,85H,9-17,19-24H2,1-8H3,(H2,62,79)(H2,63,80)(H2,64,81)(H2,65,84)(H,67,69)(H,82,83)(H,86,87)/b28-18+/t26?,27?,29?,31?,32?,33-,34?,35?,36?,37?,38?,39?,40?,41?,42?,43?,44?,45?,46?,47?,48?,49?,50?,51?,56?,57?,58?,59?,61?/m1/s1. The molecule has 30 atom stereocenters. The zero-order chi connectivity index (χ0) is 75.0. The molecule has 0 bridgehead atoms. The van der Waals surface area contributed by atoms with Crippen molar-refractivity contribution in [3.8, 4) is 0 Å². The number of phosphoric ester groups is 1. The molecule has 100 heavy (non-hydrogen) atoms. The molecular formula is C61H107N6O32P. The lowest BCUT2D eigenvalue weighted by molar-refractivity contribution is -0.365. The van der Waals surface area contributed by atoms with Crippen molar-refractivity contribution in [2.24, 2.45) is 52.5 Å². The summed E-state index contributed by atoms with van der Waals surface area (Å²) >= 11 is 0. The Kier molecular flexibility index (Phi) is 33.7. The summed E-state index contributed by atoms with van der Waals surface area (Å²) in [4.78, 5) is 87.9. The van der Waals surface area contributed by atoms with Crippen LogP contribution in [0.3, 0.4) is 0 Å². The number of ether oxygens (including phenoxy) is 10. The van der Waals surface area contributed by atoms with E-state index in [0.29, 0.717) is 12.5 Å². The van der Waals surface area contributed by atoms with Gasteiger partial charge in [-0.25, -0.2) is 14.2 Å². The quantitative estimate of drug-likeness (QED) is 0.0155. The first-order valence-electron chi connectivity index (χ1n) is 33.4. The van der Waals surface area contributed by atoms with Crippen LogP contribution in [-0.2, 0) is 85.0 Å². The SMILES string of the molecule is CC(=O)NC1C(OC2C(OP(=O)(O)OC[C@@H](OCCNC/C=C(\C)CCCC(C)CCCC(C)CCCC(C)C)C(=O)O)OC(C(N)=O)C(C)(O)C2OC(N)=O)OC(COC2OC(CO)C(O)C(O)C2O)C(OC2C(C)C(OC3OC(C(N)=O)C(O)C(O)C3O)C(C(N)=O)C(O)C2O)C1O. The minimum absolute atomic E-state index is 0.101. The molecule has 23 N–H and O–H groups in total. The molecule has 4 aliphatic heterocycles. The van der Waals surface area contributed by atoms with E-state index in [1.807, 2.05) is 13.0 Å². The first-order valence-corrected chi connectivity index (χ1v) is 34.9. The van der Waals surface area contributed by atoms with Crippen molar-refractivity contribution in [2.45, 2.75) is 266 Å². The number of primary amides is 4. The number of hydrogen-bond acceptors (Lipinski definition) is 31. The zero-order valence-corrected chi connectivity index (χ0v) is 58.1. The minimum atomic E-state index is -5.82. The molecule has 4 heterocycles. The van der Waals surface area contributed by atoms with Crippen LogP contribution < -0.4 is 33.6 Å². The summed E-state index contributed by atoms with van der Waals surface area (Å²) in [6, 6.07) is -2.12. The van der Waals surface area contributed by atoms with Gasteiger partial charge in [0.1, 0.15) is 78.8 Å². The lowest BCUT2D eigenvalue weighted by Crippen LogP contribution is -2.72. The number of nitrogens with one attached hydrogen (secondary N) is 2. The normalized spacial score (nSPS) is 38.1. The van der Waals surface area contributed by atoms with Crippen molar-refractivity contribution >= 4 is 43.5 Å². The third-order valence-electron chi connectivity index (χ3n) is 18.5. The summed E-state index contributed by atoms with van der Waals surface area (Å²) in [6.07, 6.45) is -39.3. The maximum absolute atomic E-state index is 14.0. The average molecular weight is 1470 g/mol. The van der Waals surface area contributed by atoms with Crippen molar-refractivity contribution in [1.82, 2.24) is 10.6 Å². The van der Waals surface area contributed by atoms with Gasteiger partial charge in [0.25, 0.3) is 0 Å². The Morgan fingerprint density at radius 2 is 1.24 bits per heavy atom. The minimum Gasteiger partial charge on any atom is -0.479 e. The molecule has 5 aliphatic rings. The summed E-state index contributed by atoms with van der Waals surface area (Å²) in [5.41, 5.74) is 20.3. The molecule has 1 aliphatic carbocycles. The number of phosphoric acid groups is 1. The largest absolute Gasteiger partial charge is 0.479 e. The van der Waals surface area contributed by atoms with E-state index in [-0.39, 0.29) is 13.2 Å². The van der Waals surface area contributed by atoms with Gasteiger partial charge in [0, 0.05) is 25.9 Å². The van der Waals surface area contributed by atoms with E-state index in [0.717, 1.165) is 50.5 Å². The Morgan fingerprint density at radius 3 is 1.81 bits per heavy atom. The highest BCUT2D eigenvalue weighted by Gasteiger charge is 2.63. The van der Waals surface area contributed by atoms with Crippen LogP contribution in [0.25, 0.3) is 0 Å². The Bertz CT molecular complexity index is 2710. The van der Waals surface area contributed by atoms with Crippen molar-refractivity contribution in [1.29, 1.82) is 0 Å². The van der Waals surface area contributed by atoms with Gasteiger partial charge < -0.3 is 147 Å². The van der Waals surface area contributed by atoms with Crippen LogP contribution in [0.4, 0.5) is 4.79 Å². The molecule has 0 aromatic carbocycles. The van der Waals surface area contributed by atoms with Crippen LogP contribution in [0.15, 0.2) is 11.6 Å². The number of amides is 5. The van der Waals surface area contributed by atoms with E-state index in [1.165, 1.54) is 45.4 Å². The lowest BCUT2D eigenvalue weighted by atomic mass is 9.73. The first kappa shape index (κ1) is 86.3. The molecule has 39 heteroatoms. The fourth-order valence-electron chi connectivity index (χ4n) is 12.8. The van der Waals surface area contributed by atoms with Crippen molar-refractivity contribution in [3.05, 3.63) is 11.6 Å². The fourth-order valence-corrected chi connectivity index (χ4v) is 13.6. The highest BCUT2D eigenvalue weighted by molar-refractivity contribution is 7.47. The van der Waals surface area contributed by atoms with Gasteiger partial charge >= 0.3 is 19.9 Å². The predicted molar refractivity (Wildman–Crippen MR) is 339 cm³/mol. The van der Waals surface area contributed by atoms with E-state index in [1.54, 1.807) is 0 Å². The summed E-state index contributed by atoms with van der Waals surface area (Å²) in [5, 5.41) is 137. The molecule has 578 valence electrons. The van der Waals surface area contributed by atoms with Gasteiger partial charge in [-0.1, -0.05) is 91.2 Å². The zero-order valence-electron chi connectivity index (χ0n) is 57.3. The second-order valence-corrected chi connectivity index (χ2v) is 28.6. The Hall–Kier alpha value is -4.37. The van der Waals surface area contributed by atoms with Crippen LogP contribution in [0.5, 0.6) is 0 Å². The van der Waals surface area contributed by atoms with Gasteiger partial charge in [-0.15, -0.1) is 0 Å². The van der Waals surface area contributed by atoms with Crippen LogP contribution in [-0.4, -0.2) is 294 Å². The number of aliphatic hydroxyl groups excluding tert-OH is 10. The smallest absolute Gasteiger partial charge is 0.474 e. The third kappa shape index (κ3) is 23.6. The number of nitrogens with two attached hydrogens (primary N) is 4. The van der Waals surface area contributed by atoms with E-state index in [4.69, 9.17) is 79.4 Å². The van der Waals surface area contributed by atoms with Crippen molar-refractivity contribution in [2.75, 3.05) is 39.5 Å². The topological polar surface area (TPSA) is 621 Å². The fraction of sp³-hybridized carbons (Fsp3) is 0.869. The second-order valence-electron chi connectivity index (χ2n) is 27.2. The van der Waals surface area contributed by atoms with E-state index in [2.05, 4.69) is 38.3 Å². The molecule has 5 rings (SSSR count). The highest BCUT2D eigenvalue weighted by Crippen LogP contribution is 2.49. The molecule has 0 spiro atoms. The van der Waals surface area contributed by atoms with Gasteiger partial charge in [0.2, 0.25) is 23.6 Å². The number of aliphatic carboxylic acids is 1. The van der Waals surface area contributed by atoms with Crippen LogP contribution in [0.2, 0.25) is 0 Å². The maximum atomic E-state index is 14.0. The van der Waals surface area contributed by atoms with E-state index < -0.39 is 228 Å². The molecule has 0 radical (unpaired) electrons. The van der Waals surface area contributed by atoms with E-state index in [9.17, 15) is 99.5 Å². The number of carboxylic acid groups (broad SMARTS) is 1. The van der Waals surface area contributed by atoms with Gasteiger partial charge in [0.15, 0.2) is 55.7 Å². The number of carboxylic acids is 1. The maximum Gasteiger partial charge on any atom is 0.474 e. The van der Waals surface area contributed by atoms with Gasteiger partial charge in [-0.2, -0.15) is 0 Å². The molecule has 1 saturated carbocycles.